The molecule has 1 unspecified atom stereocenters. The average molecular weight is 304 g/mol. The lowest BCUT2D eigenvalue weighted by atomic mass is 10.1. The largest absolute Gasteiger partial charge is 0.311 e. The Morgan fingerprint density at radius 2 is 1.86 bits per heavy atom. The molecule has 2 nitrogen and oxygen atoms in total. The Hall–Kier alpha value is -1.85. The minimum absolute atomic E-state index is 0.0661. The summed E-state index contributed by atoms with van der Waals surface area (Å²) in [5.74, 6) is -1.10. The number of likely N-dealkylation sites (N-methyl/N-ethyl adjacent to an activating group) is 1. The van der Waals surface area contributed by atoms with E-state index in [-0.39, 0.29) is 6.04 Å². The maximum Gasteiger partial charge on any atom is 0.126 e. The quantitative estimate of drug-likeness (QED) is 0.785. The second-order valence-corrected chi connectivity index (χ2v) is 5.91. The molecule has 0 aliphatic carbocycles. The van der Waals surface area contributed by atoms with Gasteiger partial charge < -0.3 is 5.32 Å². The fraction of sp³-hybridized carbons (Fsp3) is 0.188. The van der Waals surface area contributed by atoms with Gasteiger partial charge in [0.2, 0.25) is 0 Å². The Balaban J connectivity index is 1.90. The molecule has 108 valence electrons. The SMILES string of the molecule is CNC(Cc1cc(F)cc(F)c1)c1nc2ccccc2s1. The number of halogens is 2. The number of hydrogen-bond donors (Lipinski definition) is 1. The summed E-state index contributed by atoms with van der Waals surface area (Å²) in [5, 5.41) is 4.09. The first-order valence-electron chi connectivity index (χ1n) is 6.63. The van der Waals surface area contributed by atoms with E-state index in [4.69, 9.17) is 0 Å². The number of nitrogens with one attached hydrogen (secondary N) is 1. The van der Waals surface area contributed by atoms with E-state index in [1.807, 2.05) is 31.3 Å². The number of thiazole rings is 1. The maximum atomic E-state index is 13.3. The van der Waals surface area contributed by atoms with Crippen LogP contribution in [0.15, 0.2) is 42.5 Å². The molecule has 0 aliphatic heterocycles. The van der Waals surface area contributed by atoms with Gasteiger partial charge >= 0.3 is 0 Å². The molecule has 5 heteroatoms. The van der Waals surface area contributed by atoms with Gasteiger partial charge in [-0.15, -0.1) is 11.3 Å². The van der Waals surface area contributed by atoms with Crippen molar-refractivity contribution >= 4 is 21.6 Å². The van der Waals surface area contributed by atoms with Crippen molar-refractivity contribution in [3.63, 3.8) is 0 Å². The minimum Gasteiger partial charge on any atom is -0.311 e. The van der Waals surface area contributed by atoms with E-state index in [2.05, 4.69) is 10.3 Å². The highest BCUT2D eigenvalue weighted by Crippen LogP contribution is 2.28. The molecule has 3 aromatic rings. The summed E-state index contributed by atoms with van der Waals surface area (Å²) in [6, 6.07) is 11.4. The zero-order valence-corrected chi connectivity index (χ0v) is 12.3. The van der Waals surface area contributed by atoms with Gasteiger partial charge in [-0.25, -0.2) is 13.8 Å². The average Bonchev–Trinajstić information content (AvgIpc) is 2.87. The molecule has 0 saturated carbocycles. The Morgan fingerprint density at radius 3 is 2.52 bits per heavy atom. The third kappa shape index (κ3) is 3.09. The Labute approximate surface area is 125 Å². The lowest BCUT2D eigenvalue weighted by Crippen LogP contribution is -2.18. The lowest BCUT2D eigenvalue weighted by Gasteiger charge is -2.13. The molecule has 1 N–H and O–H groups in total. The molecule has 0 fully saturated rings. The van der Waals surface area contributed by atoms with Crippen molar-refractivity contribution in [3.8, 4) is 0 Å². The molecule has 21 heavy (non-hydrogen) atoms. The normalized spacial score (nSPS) is 12.7. The summed E-state index contributed by atoms with van der Waals surface area (Å²) in [6.45, 7) is 0. The van der Waals surface area contributed by atoms with Crippen LogP contribution in [0.3, 0.4) is 0 Å². The summed E-state index contributed by atoms with van der Waals surface area (Å²) < 4.78 is 27.7. The van der Waals surface area contributed by atoms with Crippen LogP contribution in [0.25, 0.3) is 10.2 Å². The Kier molecular flexibility index (Phi) is 3.94. The molecule has 1 heterocycles. The van der Waals surface area contributed by atoms with Crippen molar-refractivity contribution in [2.45, 2.75) is 12.5 Å². The van der Waals surface area contributed by atoms with E-state index in [1.165, 1.54) is 12.1 Å². The Morgan fingerprint density at radius 1 is 1.14 bits per heavy atom. The van der Waals surface area contributed by atoms with Crippen LogP contribution < -0.4 is 5.32 Å². The summed E-state index contributed by atoms with van der Waals surface area (Å²) in [5.41, 5.74) is 1.56. The molecular formula is C16H14F2N2S. The predicted octanol–water partition coefficient (Wildman–Crippen LogP) is 4.08. The van der Waals surface area contributed by atoms with Gasteiger partial charge in [0.25, 0.3) is 0 Å². The highest BCUT2D eigenvalue weighted by atomic mass is 32.1. The zero-order valence-electron chi connectivity index (χ0n) is 11.4. The first kappa shape index (κ1) is 14.1. The van der Waals surface area contributed by atoms with Gasteiger partial charge in [-0.3, -0.25) is 0 Å². The molecule has 2 aromatic carbocycles. The van der Waals surface area contributed by atoms with Gasteiger partial charge in [-0.2, -0.15) is 0 Å². The summed E-state index contributed by atoms with van der Waals surface area (Å²) in [7, 11) is 1.83. The number of nitrogens with zero attached hydrogens (tertiary/aromatic N) is 1. The van der Waals surface area contributed by atoms with Gasteiger partial charge in [0.1, 0.15) is 16.6 Å². The first-order valence-corrected chi connectivity index (χ1v) is 7.45. The fourth-order valence-corrected chi connectivity index (χ4v) is 3.39. The second-order valence-electron chi connectivity index (χ2n) is 4.84. The van der Waals surface area contributed by atoms with Crippen molar-refractivity contribution in [2.24, 2.45) is 0 Å². The zero-order chi connectivity index (χ0) is 14.8. The van der Waals surface area contributed by atoms with Crippen LogP contribution in [0.4, 0.5) is 8.78 Å². The van der Waals surface area contributed by atoms with E-state index < -0.39 is 11.6 Å². The summed E-state index contributed by atoms with van der Waals surface area (Å²) in [4.78, 5) is 4.59. The summed E-state index contributed by atoms with van der Waals surface area (Å²) in [6.07, 6.45) is 0.491. The van der Waals surface area contributed by atoms with Crippen molar-refractivity contribution in [1.82, 2.24) is 10.3 Å². The molecule has 1 atom stereocenters. The fourth-order valence-electron chi connectivity index (χ4n) is 2.32. The predicted molar refractivity (Wildman–Crippen MR) is 81.5 cm³/mol. The van der Waals surface area contributed by atoms with Crippen LogP contribution in [0.1, 0.15) is 16.6 Å². The molecule has 0 aliphatic rings. The standard InChI is InChI=1S/C16H14F2N2S/c1-19-14(8-10-6-11(17)9-12(18)7-10)16-20-13-4-2-3-5-15(13)21-16/h2-7,9,14,19H,8H2,1H3. The topological polar surface area (TPSA) is 24.9 Å². The van der Waals surface area contributed by atoms with Crippen LogP contribution in [-0.4, -0.2) is 12.0 Å². The minimum atomic E-state index is -0.552. The molecular weight excluding hydrogens is 290 g/mol. The molecule has 1 aromatic heterocycles. The first-order chi connectivity index (χ1) is 10.2. The van der Waals surface area contributed by atoms with Gasteiger partial charge in [-0.1, -0.05) is 12.1 Å². The van der Waals surface area contributed by atoms with E-state index >= 15 is 0 Å². The maximum absolute atomic E-state index is 13.3. The number of rotatable bonds is 4. The molecule has 3 rings (SSSR count). The monoisotopic (exact) mass is 304 g/mol. The number of aromatic nitrogens is 1. The number of fused-ring (bicyclic) bond motifs is 1. The smallest absolute Gasteiger partial charge is 0.126 e. The van der Waals surface area contributed by atoms with E-state index in [1.54, 1.807) is 11.3 Å². The number of hydrogen-bond acceptors (Lipinski definition) is 3. The number of benzene rings is 2. The third-order valence-electron chi connectivity index (χ3n) is 3.32. The highest BCUT2D eigenvalue weighted by Gasteiger charge is 2.16. The van der Waals surface area contributed by atoms with E-state index in [0.29, 0.717) is 12.0 Å². The Bertz CT molecular complexity index is 717. The third-order valence-corrected chi connectivity index (χ3v) is 4.47. The lowest BCUT2D eigenvalue weighted by molar-refractivity contribution is 0.561. The van der Waals surface area contributed by atoms with Gasteiger partial charge in [0, 0.05) is 6.07 Å². The van der Waals surface area contributed by atoms with E-state index in [0.717, 1.165) is 21.3 Å². The van der Waals surface area contributed by atoms with Crippen molar-refractivity contribution in [2.75, 3.05) is 7.05 Å². The van der Waals surface area contributed by atoms with Crippen LogP contribution >= 0.6 is 11.3 Å². The van der Waals surface area contributed by atoms with E-state index in [9.17, 15) is 8.78 Å². The molecule has 0 saturated heterocycles. The molecule has 0 bridgehead atoms. The second kappa shape index (κ2) is 5.87. The van der Waals surface area contributed by atoms with Gasteiger partial charge in [0.05, 0.1) is 16.3 Å². The summed E-state index contributed by atoms with van der Waals surface area (Å²) >= 11 is 1.60. The van der Waals surface area contributed by atoms with Gasteiger partial charge in [-0.05, 0) is 43.3 Å². The van der Waals surface area contributed by atoms with Crippen LogP contribution in [0.2, 0.25) is 0 Å². The molecule has 0 radical (unpaired) electrons. The van der Waals surface area contributed by atoms with Crippen LogP contribution in [0.5, 0.6) is 0 Å². The van der Waals surface area contributed by atoms with Crippen molar-refractivity contribution < 1.29 is 8.78 Å². The molecule has 0 spiro atoms. The highest BCUT2D eigenvalue weighted by molar-refractivity contribution is 7.18. The van der Waals surface area contributed by atoms with Crippen molar-refractivity contribution in [1.29, 1.82) is 0 Å². The van der Waals surface area contributed by atoms with Gasteiger partial charge in [0.15, 0.2) is 0 Å². The van der Waals surface area contributed by atoms with Crippen LogP contribution in [-0.2, 0) is 6.42 Å². The van der Waals surface area contributed by atoms with Crippen molar-refractivity contribution in [3.05, 3.63) is 64.7 Å². The van der Waals surface area contributed by atoms with Crippen LogP contribution in [0, 0.1) is 11.6 Å². The molecule has 0 amide bonds. The number of para-hydroxylation sites is 1.